The van der Waals surface area contributed by atoms with Crippen LogP contribution in [-0.2, 0) is 19.4 Å². The highest BCUT2D eigenvalue weighted by Crippen LogP contribution is 2.28. The zero-order valence-corrected chi connectivity index (χ0v) is 11.7. The van der Waals surface area contributed by atoms with Crippen LogP contribution in [0.1, 0.15) is 61.8 Å². The second-order valence-electron chi connectivity index (χ2n) is 5.85. The van der Waals surface area contributed by atoms with Gasteiger partial charge in [0.15, 0.2) is 0 Å². The van der Waals surface area contributed by atoms with Crippen LogP contribution in [-0.4, -0.2) is 11.1 Å². The molecule has 3 nitrogen and oxygen atoms in total. The van der Waals surface area contributed by atoms with Gasteiger partial charge in [0, 0.05) is 17.8 Å². The molecule has 0 amide bonds. The molecule has 0 aliphatic heterocycles. The molecule has 0 radical (unpaired) electrons. The molecule has 1 saturated carbocycles. The Morgan fingerprint density at radius 2 is 1.89 bits per heavy atom. The van der Waals surface area contributed by atoms with Crippen LogP contribution in [0.15, 0.2) is 6.07 Å². The molecule has 1 fully saturated rings. The first-order chi connectivity index (χ1) is 9.36. The highest BCUT2D eigenvalue weighted by molar-refractivity contribution is 5.35. The molecular weight excluding hydrogens is 236 g/mol. The van der Waals surface area contributed by atoms with Crippen LogP contribution < -0.4 is 10.5 Å². The topological polar surface area (TPSA) is 48.1 Å². The van der Waals surface area contributed by atoms with Crippen LogP contribution >= 0.6 is 0 Å². The van der Waals surface area contributed by atoms with Gasteiger partial charge in [-0.25, -0.2) is 4.98 Å². The van der Waals surface area contributed by atoms with Crippen LogP contribution in [0.4, 0.5) is 0 Å². The molecule has 3 heteroatoms. The van der Waals surface area contributed by atoms with Crippen molar-refractivity contribution < 1.29 is 4.74 Å². The van der Waals surface area contributed by atoms with Crippen LogP contribution in [0.25, 0.3) is 0 Å². The SMILES string of the molecule is NCc1cc2c(nc1OC1CCCCC1)CCCC2. The zero-order valence-electron chi connectivity index (χ0n) is 11.7. The van der Waals surface area contributed by atoms with Gasteiger partial charge in [-0.15, -0.1) is 0 Å². The number of aromatic nitrogens is 1. The summed E-state index contributed by atoms with van der Waals surface area (Å²) in [6, 6.07) is 2.24. The Morgan fingerprint density at radius 1 is 1.11 bits per heavy atom. The molecule has 0 atom stereocenters. The predicted octanol–water partition coefficient (Wildman–Crippen LogP) is 3.13. The number of nitrogens with two attached hydrogens (primary N) is 1. The van der Waals surface area contributed by atoms with Crippen LogP contribution in [0.3, 0.4) is 0 Å². The molecule has 104 valence electrons. The largest absolute Gasteiger partial charge is 0.474 e. The first-order valence-corrected chi connectivity index (χ1v) is 7.75. The summed E-state index contributed by atoms with van der Waals surface area (Å²) in [6.07, 6.45) is 11.4. The van der Waals surface area contributed by atoms with Gasteiger partial charge in [-0.2, -0.15) is 0 Å². The highest BCUT2D eigenvalue weighted by Gasteiger charge is 2.20. The third kappa shape index (κ3) is 2.92. The Bertz CT molecular complexity index is 439. The Balaban J connectivity index is 1.82. The molecule has 2 aliphatic rings. The minimum atomic E-state index is 0.355. The molecule has 0 saturated heterocycles. The van der Waals surface area contributed by atoms with Gasteiger partial charge < -0.3 is 10.5 Å². The molecule has 2 N–H and O–H groups in total. The van der Waals surface area contributed by atoms with Crippen molar-refractivity contribution in [3.05, 3.63) is 22.9 Å². The normalized spacial score (nSPS) is 20.1. The Morgan fingerprint density at radius 3 is 2.68 bits per heavy atom. The van der Waals surface area contributed by atoms with Gasteiger partial charge >= 0.3 is 0 Å². The molecule has 2 aliphatic carbocycles. The maximum Gasteiger partial charge on any atom is 0.218 e. The minimum absolute atomic E-state index is 0.355. The summed E-state index contributed by atoms with van der Waals surface area (Å²) < 4.78 is 6.15. The number of fused-ring (bicyclic) bond motifs is 1. The van der Waals surface area contributed by atoms with Crippen LogP contribution in [0.5, 0.6) is 5.88 Å². The fourth-order valence-electron chi connectivity index (χ4n) is 3.25. The lowest BCUT2D eigenvalue weighted by atomic mass is 9.94. The van der Waals surface area contributed by atoms with Gasteiger partial charge in [-0.3, -0.25) is 0 Å². The van der Waals surface area contributed by atoms with E-state index in [0.29, 0.717) is 12.6 Å². The van der Waals surface area contributed by atoms with E-state index in [1.165, 1.54) is 56.2 Å². The molecule has 0 unspecified atom stereocenters. The Kier molecular flexibility index (Phi) is 4.02. The van der Waals surface area contributed by atoms with Crippen LogP contribution in [0, 0.1) is 0 Å². The summed E-state index contributed by atoms with van der Waals surface area (Å²) in [6.45, 7) is 0.530. The molecule has 0 bridgehead atoms. The van der Waals surface area contributed by atoms with Gasteiger partial charge in [-0.1, -0.05) is 6.42 Å². The van der Waals surface area contributed by atoms with Gasteiger partial charge in [0.2, 0.25) is 5.88 Å². The third-order valence-electron chi connectivity index (χ3n) is 4.39. The van der Waals surface area contributed by atoms with E-state index in [-0.39, 0.29) is 0 Å². The summed E-state index contributed by atoms with van der Waals surface area (Å²) in [7, 11) is 0. The Hall–Kier alpha value is -1.09. The molecule has 0 aromatic carbocycles. The lowest BCUT2D eigenvalue weighted by Gasteiger charge is -2.25. The lowest BCUT2D eigenvalue weighted by molar-refractivity contribution is 0.146. The van der Waals surface area contributed by atoms with Crippen molar-refractivity contribution in [2.45, 2.75) is 70.4 Å². The van der Waals surface area contributed by atoms with E-state index < -0.39 is 0 Å². The maximum atomic E-state index is 6.15. The quantitative estimate of drug-likeness (QED) is 0.908. The minimum Gasteiger partial charge on any atom is -0.474 e. The number of aryl methyl sites for hydroxylation is 2. The molecule has 1 aromatic rings. The van der Waals surface area contributed by atoms with Crippen molar-refractivity contribution in [2.75, 3.05) is 0 Å². The van der Waals surface area contributed by atoms with E-state index in [1.807, 2.05) is 0 Å². The monoisotopic (exact) mass is 260 g/mol. The third-order valence-corrected chi connectivity index (χ3v) is 4.39. The van der Waals surface area contributed by atoms with Gasteiger partial charge in [0.25, 0.3) is 0 Å². The number of rotatable bonds is 3. The molecule has 0 spiro atoms. The predicted molar refractivity (Wildman–Crippen MR) is 76.3 cm³/mol. The summed E-state index contributed by atoms with van der Waals surface area (Å²) >= 11 is 0. The zero-order chi connectivity index (χ0) is 13.1. The Labute approximate surface area is 115 Å². The number of hydrogen-bond acceptors (Lipinski definition) is 3. The van der Waals surface area contributed by atoms with Crippen molar-refractivity contribution in [2.24, 2.45) is 5.73 Å². The number of pyridine rings is 1. The van der Waals surface area contributed by atoms with Gasteiger partial charge in [0.05, 0.1) is 0 Å². The average Bonchev–Trinajstić information content (AvgIpc) is 2.47. The van der Waals surface area contributed by atoms with E-state index in [2.05, 4.69) is 6.07 Å². The molecular formula is C16H24N2O. The van der Waals surface area contributed by atoms with Crippen molar-refractivity contribution >= 4 is 0 Å². The number of hydrogen-bond donors (Lipinski definition) is 1. The lowest BCUT2D eigenvalue weighted by Crippen LogP contribution is -2.22. The fraction of sp³-hybridized carbons (Fsp3) is 0.688. The van der Waals surface area contributed by atoms with Crippen molar-refractivity contribution in [3.8, 4) is 5.88 Å². The van der Waals surface area contributed by atoms with Crippen molar-refractivity contribution in [3.63, 3.8) is 0 Å². The van der Waals surface area contributed by atoms with E-state index in [1.54, 1.807) is 0 Å². The number of nitrogens with zero attached hydrogens (tertiary/aromatic N) is 1. The number of ether oxygens (including phenoxy) is 1. The van der Waals surface area contributed by atoms with Crippen molar-refractivity contribution in [1.29, 1.82) is 0 Å². The van der Waals surface area contributed by atoms with E-state index in [9.17, 15) is 0 Å². The van der Waals surface area contributed by atoms with E-state index in [0.717, 1.165) is 24.3 Å². The summed E-state index contributed by atoms with van der Waals surface area (Å²) in [5.74, 6) is 0.815. The van der Waals surface area contributed by atoms with Gasteiger partial charge in [0.1, 0.15) is 6.10 Å². The molecule has 3 rings (SSSR count). The van der Waals surface area contributed by atoms with Crippen LogP contribution in [0.2, 0.25) is 0 Å². The smallest absolute Gasteiger partial charge is 0.218 e. The summed E-state index contributed by atoms with van der Waals surface area (Å²) in [5, 5.41) is 0. The molecule has 1 heterocycles. The maximum absolute atomic E-state index is 6.15. The molecule has 1 aromatic heterocycles. The average molecular weight is 260 g/mol. The second kappa shape index (κ2) is 5.91. The second-order valence-corrected chi connectivity index (χ2v) is 5.85. The van der Waals surface area contributed by atoms with Crippen molar-refractivity contribution in [1.82, 2.24) is 4.98 Å². The summed E-state index contributed by atoms with van der Waals surface area (Å²) in [4.78, 5) is 4.78. The molecule has 19 heavy (non-hydrogen) atoms. The summed E-state index contributed by atoms with van der Waals surface area (Å²) in [5.41, 5.74) is 9.59. The van der Waals surface area contributed by atoms with E-state index in [4.69, 9.17) is 15.5 Å². The van der Waals surface area contributed by atoms with Gasteiger partial charge in [-0.05, 0) is 63.0 Å². The standard InChI is InChI=1S/C16H24N2O/c17-11-13-10-12-6-4-5-9-15(12)18-16(13)19-14-7-2-1-3-8-14/h10,14H,1-9,11,17H2. The first kappa shape index (κ1) is 12.9. The first-order valence-electron chi connectivity index (χ1n) is 7.75. The van der Waals surface area contributed by atoms with E-state index >= 15 is 0 Å². The highest BCUT2D eigenvalue weighted by atomic mass is 16.5. The fourth-order valence-corrected chi connectivity index (χ4v) is 3.25.